The molecule has 0 aliphatic heterocycles. The molecule has 1 aromatic carbocycles. The van der Waals surface area contributed by atoms with Crippen LogP contribution in [0.15, 0.2) is 28.2 Å². The Kier molecular flexibility index (Phi) is 4.05. The minimum atomic E-state index is -0.129. The molecule has 22 heavy (non-hydrogen) atoms. The Balaban J connectivity index is 2.43. The fourth-order valence-electron chi connectivity index (χ4n) is 2.37. The quantitative estimate of drug-likeness (QED) is 0.686. The van der Waals surface area contributed by atoms with E-state index in [9.17, 15) is 4.79 Å². The Labute approximate surface area is 135 Å². The zero-order valence-electron chi connectivity index (χ0n) is 11.8. The van der Waals surface area contributed by atoms with Gasteiger partial charge >= 0.3 is 0 Å². The summed E-state index contributed by atoms with van der Waals surface area (Å²) >= 11 is 7.32. The Hall–Kier alpha value is -2.04. The molecule has 0 unspecified atom stereocenters. The molecular formula is C14H12ClN5OS. The molecule has 0 saturated heterocycles. The van der Waals surface area contributed by atoms with Gasteiger partial charge in [0, 0.05) is 11.6 Å². The van der Waals surface area contributed by atoms with Crippen molar-refractivity contribution < 1.29 is 0 Å². The van der Waals surface area contributed by atoms with Gasteiger partial charge in [-0.2, -0.15) is 5.26 Å². The highest BCUT2D eigenvalue weighted by Gasteiger charge is 2.16. The van der Waals surface area contributed by atoms with Crippen LogP contribution in [-0.4, -0.2) is 24.9 Å². The highest BCUT2D eigenvalue weighted by Crippen LogP contribution is 2.23. The maximum Gasteiger partial charge on any atom is 0.262 e. The van der Waals surface area contributed by atoms with Gasteiger partial charge < -0.3 is 0 Å². The van der Waals surface area contributed by atoms with Gasteiger partial charge in [0.25, 0.3) is 5.56 Å². The molecule has 0 spiro atoms. The molecule has 112 valence electrons. The van der Waals surface area contributed by atoms with Crippen molar-refractivity contribution in [3.05, 3.63) is 33.6 Å². The first-order valence-corrected chi connectivity index (χ1v) is 8.10. The van der Waals surface area contributed by atoms with Crippen molar-refractivity contribution in [2.75, 3.05) is 5.75 Å². The lowest BCUT2D eigenvalue weighted by Crippen LogP contribution is -2.23. The Morgan fingerprint density at radius 2 is 2.23 bits per heavy atom. The van der Waals surface area contributed by atoms with E-state index in [1.807, 2.05) is 11.3 Å². The number of benzene rings is 1. The van der Waals surface area contributed by atoms with E-state index in [0.717, 1.165) is 6.42 Å². The molecule has 0 N–H and O–H groups in total. The summed E-state index contributed by atoms with van der Waals surface area (Å²) in [6.07, 6.45) is 0.801. The summed E-state index contributed by atoms with van der Waals surface area (Å²) in [7, 11) is 0. The predicted molar refractivity (Wildman–Crippen MR) is 86.4 cm³/mol. The number of rotatable bonds is 4. The molecule has 0 fully saturated rings. The van der Waals surface area contributed by atoms with Gasteiger partial charge in [-0.25, -0.2) is 0 Å². The van der Waals surface area contributed by atoms with E-state index in [2.05, 4.69) is 16.3 Å². The van der Waals surface area contributed by atoms with Crippen LogP contribution in [0.3, 0.4) is 0 Å². The van der Waals surface area contributed by atoms with Gasteiger partial charge in [-0.15, -0.1) is 10.2 Å². The molecule has 0 saturated carbocycles. The summed E-state index contributed by atoms with van der Waals surface area (Å²) < 4.78 is 3.41. The SMILES string of the molecule is CCCn1c(=O)c2cc(Cl)ccc2n2c(SCC#N)nnc12. The normalized spacial score (nSPS) is 11.1. The number of nitriles is 1. The first-order chi connectivity index (χ1) is 10.7. The van der Waals surface area contributed by atoms with Gasteiger partial charge in [0.15, 0.2) is 5.16 Å². The fourth-order valence-corrected chi connectivity index (χ4v) is 3.15. The Morgan fingerprint density at radius 1 is 1.41 bits per heavy atom. The van der Waals surface area contributed by atoms with Gasteiger partial charge in [0.05, 0.1) is 22.7 Å². The van der Waals surface area contributed by atoms with Crippen LogP contribution < -0.4 is 5.56 Å². The van der Waals surface area contributed by atoms with E-state index >= 15 is 0 Å². The molecule has 6 nitrogen and oxygen atoms in total. The highest BCUT2D eigenvalue weighted by molar-refractivity contribution is 7.99. The minimum Gasteiger partial charge on any atom is -0.276 e. The Morgan fingerprint density at radius 3 is 2.95 bits per heavy atom. The average molecular weight is 334 g/mol. The molecule has 3 aromatic rings. The van der Waals surface area contributed by atoms with Crippen molar-refractivity contribution in [2.24, 2.45) is 0 Å². The van der Waals surface area contributed by atoms with Crippen LogP contribution >= 0.6 is 23.4 Å². The zero-order valence-corrected chi connectivity index (χ0v) is 13.4. The average Bonchev–Trinajstić information content (AvgIpc) is 2.93. The number of aryl methyl sites for hydroxylation is 1. The summed E-state index contributed by atoms with van der Waals surface area (Å²) in [4.78, 5) is 12.7. The second kappa shape index (κ2) is 5.99. The number of nitrogens with zero attached hydrogens (tertiary/aromatic N) is 5. The molecule has 0 atom stereocenters. The number of hydrogen-bond acceptors (Lipinski definition) is 5. The van der Waals surface area contributed by atoms with Gasteiger partial charge in [0.1, 0.15) is 0 Å². The second-order valence-corrected chi connectivity index (χ2v) is 6.06. The number of thioether (sulfide) groups is 1. The standard InChI is InChI=1S/C14H12ClN5OS/c1-2-6-19-12(21)10-8-9(15)3-4-11(10)20-13(19)17-18-14(20)22-7-5-16/h3-4,8H,2,6-7H2,1H3. The molecule has 2 heterocycles. The van der Waals surface area contributed by atoms with E-state index in [0.29, 0.717) is 33.4 Å². The van der Waals surface area contributed by atoms with Crippen LogP contribution in [-0.2, 0) is 6.54 Å². The summed E-state index contributed by atoms with van der Waals surface area (Å²) in [5.41, 5.74) is 0.568. The van der Waals surface area contributed by atoms with E-state index in [1.165, 1.54) is 11.8 Å². The lowest BCUT2D eigenvalue weighted by molar-refractivity contribution is 0.662. The van der Waals surface area contributed by atoms with Gasteiger partial charge in [0.2, 0.25) is 5.78 Å². The van der Waals surface area contributed by atoms with Crippen molar-refractivity contribution in [2.45, 2.75) is 25.0 Å². The van der Waals surface area contributed by atoms with Crippen LogP contribution in [0.4, 0.5) is 0 Å². The van der Waals surface area contributed by atoms with E-state index in [-0.39, 0.29) is 11.3 Å². The van der Waals surface area contributed by atoms with Gasteiger partial charge in [-0.05, 0) is 24.6 Å². The second-order valence-electron chi connectivity index (χ2n) is 4.68. The minimum absolute atomic E-state index is 0.129. The molecule has 0 amide bonds. The van der Waals surface area contributed by atoms with Crippen molar-refractivity contribution in [3.8, 4) is 6.07 Å². The fraction of sp³-hybridized carbons (Fsp3) is 0.286. The molecular weight excluding hydrogens is 322 g/mol. The van der Waals surface area contributed by atoms with E-state index in [4.69, 9.17) is 16.9 Å². The van der Waals surface area contributed by atoms with Crippen LogP contribution in [0, 0.1) is 11.3 Å². The van der Waals surface area contributed by atoms with Crippen molar-refractivity contribution >= 4 is 40.0 Å². The monoisotopic (exact) mass is 333 g/mol. The summed E-state index contributed by atoms with van der Waals surface area (Å²) in [5, 5.41) is 18.6. The topological polar surface area (TPSA) is 76.0 Å². The molecule has 3 rings (SSSR count). The predicted octanol–water partition coefficient (Wildman–Crippen LogP) is 2.72. The lowest BCUT2D eigenvalue weighted by Gasteiger charge is -2.10. The van der Waals surface area contributed by atoms with Crippen LogP contribution in [0.1, 0.15) is 13.3 Å². The third-order valence-corrected chi connectivity index (χ3v) is 4.28. The number of fused-ring (bicyclic) bond motifs is 3. The van der Waals surface area contributed by atoms with Gasteiger partial charge in [-0.1, -0.05) is 30.3 Å². The molecule has 0 radical (unpaired) electrons. The maximum atomic E-state index is 12.7. The number of hydrogen-bond donors (Lipinski definition) is 0. The Bertz CT molecular complexity index is 956. The molecule has 0 aliphatic carbocycles. The molecule has 2 aromatic heterocycles. The third kappa shape index (κ3) is 2.34. The van der Waals surface area contributed by atoms with E-state index < -0.39 is 0 Å². The highest BCUT2D eigenvalue weighted by atomic mass is 35.5. The first kappa shape index (κ1) is 14.9. The molecule has 0 aliphatic rings. The van der Waals surface area contributed by atoms with Crippen molar-refractivity contribution in [1.82, 2.24) is 19.2 Å². The van der Waals surface area contributed by atoms with Crippen molar-refractivity contribution in [1.29, 1.82) is 5.26 Å². The smallest absolute Gasteiger partial charge is 0.262 e. The third-order valence-electron chi connectivity index (χ3n) is 3.25. The first-order valence-electron chi connectivity index (χ1n) is 6.74. The summed E-state index contributed by atoms with van der Waals surface area (Å²) in [6.45, 7) is 2.54. The number of halogens is 1. The van der Waals surface area contributed by atoms with E-state index in [1.54, 1.807) is 22.8 Å². The van der Waals surface area contributed by atoms with Crippen LogP contribution in [0.25, 0.3) is 16.7 Å². The largest absolute Gasteiger partial charge is 0.276 e. The lowest BCUT2D eigenvalue weighted by atomic mass is 10.2. The van der Waals surface area contributed by atoms with Crippen LogP contribution in [0.5, 0.6) is 0 Å². The molecule has 8 heteroatoms. The summed E-state index contributed by atoms with van der Waals surface area (Å²) in [6, 6.07) is 7.24. The maximum absolute atomic E-state index is 12.7. The number of aromatic nitrogens is 4. The zero-order chi connectivity index (χ0) is 15.7. The van der Waals surface area contributed by atoms with Crippen molar-refractivity contribution in [3.63, 3.8) is 0 Å². The van der Waals surface area contributed by atoms with Gasteiger partial charge in [-0.3, -0.25) is 13.8 Å². The molecule has 0 bridgehead atoms. The summed E-state index contributed by atoms with van der Waals surface area (Å²) in [5.74, 6) is 0.755. The van der Waals surface area contributed by atoms with Crippen LogP contribution in [0.2, 0.25) is 5.02 Å².